The lowest BCUT2D eigenvalue weighted by Gasteiger charge is -2.27. The van der Waals surface area contributed by atoms with Crippen molar-refractivity contribution in [1.29, 1.82) is 5.26 Å². The molecule has 1 amide bonds. The smallest absolute Gasteiger partial charge is 0.248 e. The monoisotopic (exact) mass is 294 g/mol. The van der Waals surface area contributed by atoms with E-state index in [2.05, 4.69) is 0 Å². The minimum Gasteiger partial charge on any atom is -0.339 e. The van der Waals surface area contributed by atoms with E-state index in [1.165, 1.54) is 11.3 Å². The van der Waals surface area contributed by atoms with Gasteiger partial charge in [-0.2, -0.15) is 17.0 Å². The summed E-state index contributed by atoms with van der Waals surface area (Å²) < 4.78 is 0. The highest BCUT2D eigenvalue weighted by Crippen LogP contribution is 2.21. The molecule has 0 unspecified atom stereocenters. The van der Waals surface area contributed by atoms with Crippen molar-refractivity contribution in [1.82, 2.24) is 4.90 Å². The summed E-state index contributed by atoms with van der Waals surface area (Å²) in [4.78, 5) is 27.6. The zero-order valence-electron chi connectivity index (χ0n) is 10.6. The molecule has 2 heterocycles. The van der Waals surface area contributed by atoms with Crippen LogP contribution in [0.3, 0.4) is 0 Å². The number of ketones is 1. The fourth-order valence-corrected chi connectivity index (χ4v) is 3.64. The fourth-order valence-electron chi connectivity index (χ4n) is 1.90. The van der Waals surface area contributed by atoms with Gasteiger partial charge in [-0.25, -0.2) is 0 Å². The summed E-state index contributed by atoms with van der Waals surface area (Å²) in [7, 11) is 0. The molecular weight excluding hydrogens is 280 g/mol. The quantitative estimate of drug-likeness (QED) is 0.631. The highest BCUT2D eigenvalue weighted by atomic mass is 32.2. The van der Waals surface area contributed by atoms with Gasteiger partial charge in [0.1, 0.15) is 0 Å². The summed E-state index contributed by atoms with van der Waals surface area (Å²) in [6.45, 7) is 3.14. The molecular formula is C13H14N2O2S2. The van der Waals surface area contributed by atoms with E-state index in [1.807, 2.05) is 19.1 Å². The number of nitriles is 1. The normalized spacial score (nSPS) is 16.7. The molecule has 1 atom stereocenters. The lowest BCUT2D eigenvalue weighted by Crippen LogP contribution is -2.43. The summed E-state index contributed by atoms with van der Waals surface area (Å²) in [6, 6.07) is 5.38. The molecule has 0 aliphatic carbocycles. The Balaban J connectivity index is 2.13. The van der Waals surface area contributed by atoms with Crippen LogP contribution in [0.25, 0.3) is 0 Å². The number of hydrogen-bond donors (Lipinski definition) is 0. The van der Waals surface area contributed by atoms with Gasteiger partial charge in [-0.15, -0.1) is 11.3 Å². The third-order valence-corrected chi connectivity index (χ3v) is 4.90. The molecule has 1 aromatic rings. The molecule has 0 aromatic carbocycles. The molecule has 0 N–H and O–H groups in total. The third-order valence-electron chi connectivity index (χ3n) is 2.94. The Bertz CT molecular complexity index is 527. The summed E-state index contributed by atoms with van der Waals surface area (Å²) in [5.74, 6) is -0.171. The van der Waals surface area contributed by atoms with Gasteiger partial charge in [-0.1, -0.05) is 0 Å². The van der Waals surface area contributed by atoms with Gasteiger partial charge in [0.2, 0.25) is 5.91 Å². The molecule has 4 nitrogen and oxygen atoms in total. The highest BCUT2D eigenvalue weighted by molar-refractivity contribution is 7.99. The van der Waals surface area contributed by atoms with Gasteiger partial charge >= 0.3 is 0 Å². The Labute approximate surface area is 120 Å². The van der Waals surface area contributed by atoms with Crippen LogP contribution in [-0.4, -0.2) is 41.2 Å². The molecule has 19 heavy (non-hydrogen) atoms. The van der Waals surface area contributed by atoms with Crippen molar-refractivity contribution in [3.8, 4) is 6.07 Å². The van der Waals surface area contributed by atoms with Gasteiger partial charge in [-0.3, -0.25) is 9.59 Å². The highest BCUT2D eigenvalue weighted by Gasteiger charge is 2.32. The van der Waals surface area contributed by atoms with Crippen LogP contribution in [-0.2, 0) is 4.79 Å². The topological polar surface area (TPSA) is 61.2 Å². The number of amides is 1. The zero-order chi connectivity index (χ0) is 13.8. The molecule has 0 saturated carbocycles. The van der Waals surface area contributed by atoms with E-state index < -0.39 is 5.92 Å². The molecule has 0 radical (unpaired) electrons. The van der Waals surface area contributed by atoms with E-state index in [0.717, 1.165) is 16.4 Å². The third kappa shape index (κ3) is 3.17. The number of hydrogen-bond acceptors (Lipinski definition) is 5. The van der Waals surface area contributed by atoms with Gasteiger partial charge in [-0.05, 0) is 19.1 Å². The first-order valence-corrected chi connectivity index (χ1v) is 7.97. The van der Waals surface area contributed by atoms with Crippen LogP contribution in [0.2, 0.25) is 0 Å². The molecule has 1 aliphatic rings. The maximum atomic E-state index is 12.2. The summed E-state index contributed by atoms with van der Waals surface area (Å²) in [6.07, 6.45) is 0. The number of nitrogens with zero attached hydrogens (tertiary/aromatic N) is 2. The van der Waals surface area contributed by atoms with Crippen molar-refractivity contribution in [2.24, 2.45) is 5.92 Å². The van der Waals surface area contributed by atoms with E-state index in [-0.39, 0.29) is 11.7 Å². The second kappa shape index (κ2) is 6.22. The van der Waals surface area contributed by atoms with Crippen molar-refractivity contribution in [3.63, 3.8) is 0 Å². The van der Waals surface area contributed by atoms with Crippen molar-refractivity contribution in [2.45, 2.75) is 6.92 Å². The standard InChI is InChI=1S/C13H14N2O2S2/c1-9-2-3-11(19-9)12(16)10(8-14)13(17)15-4-6-18-7-5-15/h2-3,10H,4-7H2,1H3/t10-/m0/s1. The minimum atomic E-state index is -1.19. The van der Waals surface area contributed by atoms with Crippen LogP contribution in [0.15, 0.2) is 12.1 Å². The van der Waals surface area contributed by atoms with Crippen molar-refractivity contribution < 1.29 is 9.59 Å². The van der Waals surface area contributed by atoms with Crippen molar-refractivity contribution in [2.75, 3.05) is 24.6 Å². The Morgan fingerprint density at radius 2 is 2.05 bits per heavy atom. The second-order valence-electron chi connectivity index (χ2n) is 4.27. The van der Waals surface area contributed by atoms with E-state index in [9.17, 15) is 9.59 Å². The number of carbonyl (C=O) groups is 2. The number of aryl methyl sites for hydroxylation is 1. The summed E-state index contributed by atoms with van der Waals surface area (Å²) in [5.41, 5.74) is 0. The largest absolute Gasteiger partial charge is 0.339 e. The minimum absolute atomic E-state index is 0.348. The van der Waals surface area contributed by atoms with Crippen molar-refractivity contribution >= 4 is 34.8 Å². The zero-order valence-corrected chi connectivity index (χ0v) is 12.2. The van der Waals surface area contributed by atoms with Crippen LogP contribution >= 0.6 is 23.1 Å². The van der Waals surface area contributed by atoms with Gasteiger partial charge < -0.3 is 4.90 Å². The maximum absolute atomic E-state index is 12.2. The molecule has 1 aromatic heterocycles. The molecule has 0 bridgehead atoms. The van der Waals surface area contributed by atoms with E-state index in [0.29, 0.717) is 18.0 Å². The Morgan fingerprint density at radius 1 is 1.37 bits per heavy atom. The summed E-state index contributed by atoms with van der Waals surface area (Å²) in [5, 5.41) is 9.15. The number of rotatable bonds is 3. The Kier molecular flexibility index (Phi) is 4.61. The van der Waals surface area contributed by atoms with Crippen LogP contribution < -0.4 is 0 Å². The Morgan fingerprint density at radius 3 is 2.58 bits per heavy atom. The fraction of sp³-hybridized carbons (Fsp3) is 0.462. The van der Waals surface area contributed by atoms with Gasteiger partial charge in [0.05, 0.1) is 10.9 Å². The van der Waals surface area contributed by atoms with Gasteiger partial charge in [0.15, 0.2) is 11.7 Å². The molecule has 1 aliphatic heterocycles. The second-order valence-corrected chi connectivity index (χ2v) is 6.79. The lowest BCUT2D eigenvalue weighted by molar-refractivity contribution is -0.132. The molecule has 100 valence electrons. The van der Waals surface area contributed by atoms with Gasteiger partial charge in [0.25, 0.3) is 0 Å². The van der Waals surface area contributed by atoms with E-state index >= 15 is 0 Å². The van der Waals surface area contributed by atoms with Crippen LogP contribution in [0.5, 0.6) is 0 Å². The average molecular weight is 294 g/mol. The molecule has 1 saturated heterocycles. The Hall–Kier alpha value is -1.32. The van der Waals surface area contributed by atoms with E-state index in [4.69, 9.17) is 5.26 Å². The first-order valence-electron chi connectivity index (χ1n) is 6.00. The predicted molar refractivity (Wildman–Crippen MR) is 76.4 cm³/mol. The number of carbonyl (C=O) groups excluding carboxylic acids is 2. The number of Topliss-reactive ketones (excluding diaryl/α,β-unsaturated/α-hetero) is 1. The van der Waals surface area contributed by atoms with E-state index in [1.54, 1.807) is 22.7 Å². The molecule has 1 fully saturated rings. The molecule has 6 heteroatoms. The number of thioether (sulfide) groups is 1. The first-order chi connectivity index (χ1) is 9.13. The van der Waals surface area contributed by atoms with Crippen LogP contribution in [0, 0.1) is 24.2 Å². The van der Waals surface area contributed by atoms with Gasteiger partial charge in [0, 0.05) is 29.5 Å². The van der Waals surface area contributed by atoms with Crippen LogP contribution in [0.1, 0.15) is 14.5 Å². The van der Waals surface area contributed by atoms with Crippen molar-refractivity contribution in [3.05, 3.63) is 21.9 Å². The predicted octanol–water partition coefficient (Wildman–Crippen LogP) is 1.95. The maximum Gasteiger partial charge on any atom is 0.248 e. The SMILES string of the molecule is Cc1ccc(C(=O)[C@H](C#N)C(=O)N2CCSCC2)s1. The van der Waals surface area contributed by atoms with Crippen LogP contribution in [0.4, 0.5) is 0 Å². The number of thiophene rings is 1. The lowest BCUT2D eigenvalue weighted by atomic mass is 10.0. The first kappa shape index (κ1) is 14.1. The molecule has 0 spiro atoms. The molecule has 2 rings (SSSR count). The summed E-state index contributed by atoms with van der Waals surface area (Å²) >= 11 is 3.11. The average Bonchev–Trinajstić information content (AvgIpc) is 2.87.